The van der Waals surface area contributed by atoms with Crippen molar-refractivity contribution in [1.29, 1.82) is 0 Å². The van der Waals surface area contributed by atoms with Crippen molar-refractivity contribution in [1.82, 2.24) is 5.32 Å². The summed E-state index contributed by atoms with van der Waals surface area (Å²) in [7, 11) is 0. The number of nitrogens with one attached hydrogen (secondary N) is 1. The van der Waals surface area contributed by atoms with Crippen LogP contribution in [0.25, 0.3) is 0 Å². The number of carbonyl (C=O) groups is 1. The molecule has 0 saturated heterocycles. The highest BCUT2D eigenvalue weighted by Crippen LogP contribution is 2.17. The molecule has 0 aliphatic heterocycles. The number of amides is 1. The molecule has 1 aromatic carbocycles. The first-order valence-corrected chi connectivity index (χ1v) is 8.15. The van der Waals surface area contributed by atoms with E-state index < -0.39 is 0 Å². The minimum Gasteiger partial charge on any atom is -0.350 e. The van der Waals surface area contributed by atoms with Crippen molar-refractivity contribution in [2.45, 2.75) is 31.6 Å². The third-order valence-electron chi connectivity index (χ3n) is 3.22. The van der Waals surface area contributed by atoms with Crippen LogP contribution >= 0.6 is 24.0 Å². The van der Waals surface area contributed by atoms with Gasteiger partial charge in [0.25, 0.3) is 0 Å². The van der Waals surface area contributed by atoms with Crippen molar-refractivity contribution in [2.75, 3.05) is 0 Å². The van der Waals surface area contributed by atoms with Gasteiger partial charge < -0.3 is 5.32 Å². The third-order valence-corrected chi connectivity index (χ3v) is 4.60. The summed E-state index contributed by atoms with van der Waals surface area (Å²) >= 11 is 6.10. The van der Waals surface area contributed by atoms with E-state index in [4.69, 9.17) is 0 Å². The molecule has 1 N–H and O–H groups in total. The minimum absolute atomic E-state index is 0.00682. The average Bonchev–Trinajstić information content (AvgIpc) is 2.93. The van der Waals surface area contributed by atoms with Crippen LogP contribution in [0.15, 0.2) is 41.8 Å². The van der Waals surface area contributed by atoms with Gasteiger partial charge >= 0.3 is 0 Å². The maximum absolute atomic E-state index is 12.1. The van der Waals surface area contributed by atoms with Crippen LogP contribution < -0.4 is 5.32 Å². The van der Waals surface area contributed by atoms with E-state index in [-0.39, 0.29) is 11.2 Å². The number of hydrogen-bond acceptors (Lipinski definition) is 3. The van der Waals surface area contributed by atoms with Gasteiger partial charge in [0.05, 0.1) is 11.8 Å². The fraction of sp³-hybridized carbons (Fsp3) is 0.312. The Bertz CT molecular complexity index is 551. The van der Waals surface area contributed by atoms with E-state index in [9.17, 15) is 4.79 Å². The van der Waals surface area contributed by atoms with Crippen molar-refractivity contribution >= 4 is 29.9 Å². The van der Waals surface area contributed by atoms with Gasteiger partial charge in [-0.05, 0) is 35.4 Å². The molecular formula is C16H19NOS2. The largest absolute Gasteiger partial charge is 0.350 e. The Morgan fingerprint density at radius 2 is 2.05 bits per heavy atom. The predicted octanol–water partition coefficient (Wildman–Crippen LogP) is 3.47. The molecule has 4 heteroatoms. The molecule has 20 heavy (non-hydrogen) atoms. The summed E-state index contributed by atoms with van der Waals surface area (Å²) in [6.07, 6.45) is 1.66. The average molecular weight is 305 g/mol. The Kier molecular flexibility index (Phi) is 5.68. The molecule has 2 rings (SSSR count). The summed E-state index contributed by atoms with van der Waals surface area (Å²) in [5, 5.41) is 4.74. The Hall–Kier alpha value is -1.26. The summed E-state index contributed by atoms with van der Waals surface area (Å²) in [6, 6.07) is 12.1. The second-order valence-electron chi connectivity index (χ2n) is 4.65. The fourth-order valence-corrected chi connectivity index (χ4v) is 3.27. The first-order valence-electron chi connectivity index (χ1n) is 6.75. The van der Waals surface area contributed by atoms with Crippen molar-refractivity contribution in [2.24, 2.45) is 0 Å². The van der Waals surface area contributed by atoms with Crippen LogP contribution in [0, 0.1) is 0 Å². The molecule has 1 aromatic heterocycles. The molecule has 0 saturated carbocycles. The van der Waals surface area contributed by atoms with Crippen LogP contribution in [0.4, 0.5) is 0 Å². The van der Waals surface area contributed by atoms with E-state index in [0.29, 0.717) is 13.0 Å². The molecule has 0 fully saturated rings. The van der Waals surface area contributed by atoms with E-state index in [1.807, 2.05) is 30.3 Å². The van der Waals surface area contributed by atoms with Crippen LogP contribution in [-0.4, -0.2) is 11.2 Å². The number of thiophene rings is 1. The zero-order valence-electron chi connectivity index (χ0n) is 11.5. The molecule has 0 aliphatic carbocycles. The van der Waals surface area contributed by atoms with Crippen LogP contribution in [0.5, 0.6) is 0 Å². The SMILES string of the molecule is CCc1ccsc1CNC(=O)C(S)Cc1ccccc1. The van der Waals surface area contributed by atoms with Crippen molar-refractivity contribution in [3.05, 3.63) is 57.8 Å². The summed E-state index contributed by atoms with van der Waals surface area (Å²) in [5.74, 6) is -0.00682. The van der Waals surface area contributed by atoms with Gasteiger partial charge in [-0.25, -0.2) is 0 Å². The van der Waals surface area contributed by atoms with E-state index in [1.54, 1.807) is 11.3 Å². The lowest BCUT2D eigenvalue weighted by Gasteiger charge is -2.11. The van der Waals surface area contributed by atoms with E-state index in [2.05, 4.69) is 36.3 Å². The summed E-state index contributed by atoms with van der Waals surface area (Å²) in [6.45, 7) is 2.73. The lowest BCUT2D eigenvalue weighted by Crippen LogP contribution is -2.32. The maximum Gasteiger partial charge on any atom is 0.233 e. The lowest BCUT2D eigenvalue weighted by molar-refractivity contribution is -0.120. The Morgan fingerprint density at radius 1 is 1.30 bits per heavy atom. The van der Waals surface area contributed by atoms with Gasteiger partial charge in [0, 0.05) is 4.88 Å². The molecule has 2 aromatic rings. The van der Waals surface area contributed by atoms with Gasteiger partial charge in [0.2, 0.25) is 5.91 Å². The molecule has 0 bridgehead atoms. The molecule has 0 radical (unpaired) electrons. The smallest absolute Gasteiger partial charge is 0.233 e. The number of thiol groups is 1. The summed E-state index contributed by atoms with van der Waals surface area (Å²) in [4.78, 5) is 13.3. The fourth-order valence-electron chi connectivity index (χ4n) is 2.05. The predicted molar refractivity (Wildman–Crippen MR) is 88.5 cm³/mol. The maximum atomic E-state index is 12.1. The van der Waals surface area contributed by atoms with Crippen LogP contribution in [0.3, 0.4) is 0 Å². The first kappa shape index (κ1) is 15.1. The number of hydrogen-bond donors (Lipinski definition) is 2. The molecule has 1 amide bonds. The van der Waals surface area contributed by atoms with E-state index >= 15 is 0 Å². The van der Waals surface area contributed by atoms with E-state index in [1.165, 1.54) is 10.4 Å². The molecular weight excluding hydrogens is 286 g/mol. The zero-order valence-corrected chi connectivity index (χ0v) is 13.2. The zero-order chi connectivity index (χ0) is 14.4. The van der Waals surface area contributed by atoms with Gasteiger partial charge in [-0.15, -0.1) is 11.3 Å². The van der Waals surface area contributed by atoms with Gasteiger partial charge in [-0.3, -0.25) is 4.79 Å². The lowest BCUT2D eigenvalue weighted by atomic mass is 10.1. The highest BCUT2D eigenvalue weighted by Gasteiger charge is 2.14. The molecule has 2 nitrogen and oxygen atoms in total. The van der Waals surface area contributed by atoms with Gasteiger partial charge in [-0.1, -0.05) is 37.3 Å². The highest BCUT2D eigenvalue weighted by molar-refractivity contribution is 7.81. The topological polar surface area (TPSA) is 29.1 Å². The van der Waals surface area contributed by atoms with Gasteiger partial charge in [0.15, 0.2) is 0 Å². The van der Waals surface area contributed by atoms with Crippen molar-refractivity contribution in [3.63, 3.8) is 0 Å². The molecule has 1 heterocycles. The molecule has 0 spiro atoms. The number of aryl methyl sites for hydroxylation is 1. The standard InChI is InChI=1S/C16H19NOS2/c1-2-13-8-9-20-15(13)11-17-16(18)14(19)10-12-6-4-3-5-7-12/h3-9,14,19H,2,10-11H2,1H3,(H,17,18). The third kappa shape index (κ3) is 4.12. The normalized spacial score (nSPS) is 12.1. The van der Waals surface area contributed by atoms with Crippen molar-refractivity contribution < 1.29 is 4.79 Å². The molecule has 0 aliphatic rings. The van der Waals surface area contributed by atoms with Crippen LogP contribution in [0.1, 0.15) is 22.9 Å². The van der Waals surface area contributed by atoms with E-state index in [0.717, 1.165) is 12.0 Å². The molecule has 106 valence electrons. The second-order valence-corrected chi connectivity index (χ2v) is 6.27. The quantitative estimate of drug-likeness (QED) is 0.786. The Labute approximate surface area is 129 Å². The van der Waals surface area contributed by atoms with Gasteiger partial charge in [-0.2, -0.15) is 12.6 Å². The van der Waals surface area contributed by atoms with Crippen LogP contribution in [-0.2, 0) is 24.2 Å². The highest BCUT2D eigenvalue weighted by atomic mass is 32.1. The monoisotopic (exact) mass is 305 g/mol. The van der Waals surface area contributed by atoms with Gasteiger partial charge in [0.1, 0.15) is 0 Å². The Balaban J connectivity index is 1.85. The first-order chi connectivity index (χ1) is 9.70. The number of carbonyl (C=O) groups excluding carboxylic acids is 1. The number of benzene rings is 1. The van der Waals surface area contributed by atoms with Crippen molar-refractivity contribution in [3.8, 4) is 0 Å². The summed E-state index contributed by atoms with van der Waals surface area (Å²) in [5.41, 5.74) is 2.45. The molecule has 1 unspecified atom stereocenters. The number of rotatable bonds is 6. The van der Waals surface area contributed by atoms with Crippen LogP contribution in [0.2, 0.25) is 0 Å². The molecule has 1 atom stereocenters. The Morgan fingerprint density at radius 3 is 2.75 bits per heavy atom. The minimum atomic E-state index is -0.303. The summed E-state index contributed by atoms with van der Waals surface area (Å²) < 4.78 is 0. The second kappa shape index (κ2) is 7.50.